The van der Waals surface area contributed by atoms with E-state index in [-0.39, 0.29) is 12.5 Å². The lowest BCUT2D eigenvalue weighted by atomic mass is 9.95. The predicted octanol–water partition coefficient (Wildman–Crippen LogP) is 4.95. The highest BCUT2D eigenvalue weighted by Crippen LogP contribution is 2.30. The molecule has 0 saturated heterocycles. The van der Waals surface area contributed by atoms with Crippen LogP contribution in [0.4, 0.5) is 0 Å². The highest BCUT2D eigenvalue weighted by atomic mass is 79.9. The minimum Gasteiger partial charge on any atom is -0.352 e. The summed E-state index contributed by atoms with van der Waals surface area (Å²) in [5.74, 6) is 0.0450. The maximum absolute atomic E-state index is 12.8. The molecule has 0 bridgehead atoms. The van der Waals surface area contributed by atoms with Crippen molar-refractivity contribution in [3.05, 3.63) is 46.9 Å². The van der Waals surface area contributed by atoms with E-state index in [4.69, 9.17) is 9.97 Å². The number of para-hydroxylation sites is 2. The number of carbonyl (C=O) groups excluding carboxylic acids is 1. The third-order valence-corrected chi connectivity index (χ3v) is 6.08. The van der Waals surface area contributed by atoms with Crippen molar-refractivity contribution < 1.29 is 4.79 Å². The van der Waals surface area contributed by atoms with Crippen LogP contribution in [0.3, 0.4) is 0 Å². The van der Waals surface area contributed by atoms with Crippen molar-refractivity contribution in [2.45, 2.75) is 44.7 Å². The average Bonchev–Trinajstić information content (AvgIpc) is 2.99. The van der Waals surface area contributed by atoms with E-state index in [1.165, 1.54) is 19.3 Å². The second-order valence-corrected chi connectivity index (χ2v) is 8.45. The van der Waals surface area contributed by atoms with Crippen LogP contribution in [-0.4, -0.2) is 26.5 Å². The number of nitrogens with zero attached hydrogens (tertiary/aromatic N) is 3. The molecule has 1 amide bonds. The van der Waals surface area contributed by atoms with Gasteiger partial charge in [-0.2, -0.15) is 0 Å². The molecule has 4 aromatic rings. The monoisotopic (exact) mass is 436 g/mol. The average molecular weight is 437 g/mol. The van der Waals surface area contributed by atoms with Crippen LogP contribution in [0.5, 0.6) is 0 Å². The number of nitrogens with one attached hydrogen (secondary N) is 1. The molecule has 1 aliphatic rings. The van der Waals surface area contributed by atoms with Gasteiger partial charge in [-0.15, -0.1) is 0 Å². The highest BCUT2D eigenvalue weighted by Gasteiger charge is 2.19. The van der Waals surface area contributed by atoms with Crippen LogP contribution in [0.25, 0.3) is 33.1 Å². The summed E-state index contributed by atoms with van der Waals surface area (Å²) in [4.78, 5) is 22.5. The number of hydrogen-bond acceptors (Lipinski definition) is 3. The summed E-state index contributed by atoms with van der Waals surface area (Å²) in [5, 5.41) is 4.23. The second kappa shape index (κ2) is 7.17. The lowest BCUT2D eigenvalue weighted by Gasteiger charge is -2.23. The molecular weight excluding hydrogens is 416 g/mol. The normalized spacial score (nSPS) is 15.5. The van der Waals surface area contributed by atoms with Crippen LogP contribution >= 0.6 is 15.9 Å². The summed E-state index contributed by atoms with van der Waals surface area (Å²) in [6.07, 6.45) is 5.83. The molecule has 0 radical (unpaired) electrons. The first-order valence-corrected chi connectivity index (χ1v) is 10.6. The maximum atomic E-state index is 12.8. The molecule has 28 heavy (non-hydrogen) atoms. The number of rotatable bonds is 3. The number of hydrogen-bond donors (Lipinski definition) is 1. The molecule has 0 atom stereocenters. The number of aromatic nitrogens is 3. The summed E-state index contributed by atoms with van der Waals surface area (Å²) in [5.41, 5.74) is 4.27. The lowest BCUT2D eigenvalue weighted by Crippen LogP contribution is -2.38. The fourth-order valence-electron chi connectivity index (χ4n) is 4.23. The van der Waals surface area contributed by atoms with Crippen LogP contribution in [0.15, 0.2) is 46.9 Å². The zero-order chi connectivity index (χ0) is 19.1. The SMILES string of the molecule is O=C(Cn1c2ccc(Br)cc2c2nc3ccccc3nc21)NC1CCCCC1. The van der Waals surface area contributed by atoms with E-state index in [1.807, 2.05) is 41.0 Å². The van der Waals surface area contributed by atoms with Crippen molar-refractivity contribution in [2.75, 3.05) is 0 Å². The number of benzene rings is 2. The van der Waals surface area contributed by atoms with Crippen molar-refractivity contribution in [1.29, 1.82) is 0 Å². The topological polar surface area (TPSA) is 59.8 Å². The quantitative estimate of drug-likeness (QED) is 0.494. The molecule has 5 rings (SSSR count). The summed E-state index contributed by atoms with van der Waals surface area (Å²) < 4.78 is 2.98. The van der Waals surface area contributed by atoms with E-state index in [0.717, 1.165) is 50.4 Å². The van der Waals surface area contributed by atoms with Gasteiger partial charge in [0.05, 0.1) is 16.6 Å². The molecule has 1 N–H and O–H groups in total. The van der Waals surface area contributed by atoms with Gasteiger partial charge in [-0.3, -0.25) is 4.79 Å². The Morgan fingerprint density at radius 2 is 1.82 bits per heavy atom. The molecule has 2 heterocycles. The van der Waals surface area contributed by atoms with E-state index in [2.05, 4.69) is 27.3 Å². The number of halogens is 1. The molecular formula is C22H21BrN4O. The van der Waals surface area contributed by atoms with Crippen molar-refractivity contribution in [3.8, 4) is 0 Å². The Kier molecular flexibility index (Phi) is 4.51. The molecule has 2 aromatic carbocycles. The van der Waals surface area contributed by atoms with Crippen LogP contribution in [0.2, 0.25) is 0 Å². The maximum Gasteiger partial charge on any atom is 0.240 e. The highest BCUT2D eigenvalue weighted by molar-refractivity contribution is 9.10. The van der Waals surface area contributed by atoms with Crippen molar-refractivity contribution in [1.82, 2.24) is 19.9 Å². The van der Waals surface area contributed by atoms with Gasteiger partial charge in [0.25, 0.3) is 0 Å². The van der Waals surface area contributed by atoms with Gasteiger partial charge >= 0.3 is 0 Å². The van der Waals surface area contributed by atoms with E-state index in [1.54, 1.807) is 0 Å². The van der Waals surface area contributed by atoms with Crippen LogP contribution in [0, 0.1) is 0 Å². The van der Waals surface area contributed by atoms with Crippen molar-refractivity contribution in [3.63, 3.8) is 0 Å². The summed E-state index contributed by atoms with van der Waals surface area (Å²) in [6, 6.07) is 14.2. The van der Waals surface area contributed by atoms with Crippen LogP contribution in [-0.2, 0) is 11.3 Å². The second-order valence-electron chi connectivity index (χ2n) is 7.53. The first-order chi connectivity index (χ1) is 13.7. The Labute approximate surface area is 171 Å². The Hall–Kier alpha value is -2.47. The number of amides is 1. The number of fused-ring (bicyclic) bond motifs is 4. The predicted molar refractivity (Wildman–Crippen MR) is 115 cm³/mol. The van der Waals surface area contributed by atoms with Gasteiger partial charge in [-0.05, 0) is 43.2 Å². The molecule has 0 aliphatic heterocycles. The van der Waals surface area contributed by atoms with Gasteiger partial charge in [-0.1, -0.05) is 47.3 Å². The molecule has 142 valence electrons. The molecule has 0 spiro atoms. The van der Waals surface area contributed by atoms with Crippen molar-refractivity contribution >= 4 is 54.9 Å². The fraction of sp³-hybridized carbons (Fsp3) is 0.318. The lowest BCUT2D eigenvalue weighted by molar-refractivity contribution is -0.122. The van der Waals surface area contributed by atoms with Crippen LogP contribution in [0.1, 0.15) is 32.1 Å². The first kappa shape index (κ1) is 17.6. The molecule has 0 unspecified atom stereocenters. The molecule has 2 aromatic heterocycles. The smallest absolute Gasteiger partial charge is 0.240 e. The van der Waals surface area contributed by atoms with Gasteiger partial charge in [0, 0.05) is 15.9 Å². The van der Waals surface area contributed by atoms with Gasteiger partial charge in [0.1, 0.15) is 12.1 Å². The van der Waals surface area contributed by atoms with Gasteiger partial charge in [-0.25, -0.2) is 9.97 Å². The standard InChI is InChI=1S/C22H21BrN4O/c23-14-10-11-19-16(12-14)21-22(26-18-9-5-4-8-17(18)25-21)27(19)13-20(28)24-15-6-2-1-3-7-15/h4-5,8-12,15H,1-3,6-7,13H2,(H,24,28). The Morgan fingerprint density at radius 3 is 2.61 bits per heavy atom. The fourth-order valence-corrected chi connectivity index (χ4v) is 4.59. The van der Waals surface area contributed by atoms with E-state index in [0.29, 0.717) is 6.04 Å². The van der Waals surface area contributed by atoms with E-state index >= 15 is 0 Å². The third kappa shape index (κ3) is 3.15. The zero-order valence-electron chi connectivity index (χ0n) is 15.5. The zero-order valence-corrected chi connectivity index (χ0v) is 17.1. The van der Waals surface area contributed by atoms with E-state index < -0.39 is 0 Å². The van der Waals surface area contributed by atoms with Crippen LogP contribution < -0.4 is 5.32 Å². The first-order valence-electron chi connectivity index (χ1n) is 9.83. The summed E-state index contributed by atoms with van der Waals surface area (Å²) >= 11 is 3.56. The van der Waals surface area contributed by atoms with Gasteiger partial charge < -0.3 is 9.88 Å². The van der Waals surface area contributed by atoms with Gasteiger partial charge in [0.2, 0.25) is 5.91 Å². The summed E-state index contributed by atoms with van der Waals surface area (Å²) in [6.45, 7) is 0.255. The number of carbonyl (C=O) groups is 1. The molecule has 6 heteroatoms. The third-order valence-electron chi connectivity index (χ3n) is 5.58. The molecule has 5 nitrogen and oxygen atoms in total. The largest absolute Gasteiger partial charge is 0.352 e. The minimum atomic E-state index is 0.0450. The van der Waals surface area contributed by atoms with Gasteiger partial charge in [0.15, 0.2) is 5.65 Å². The van der Waals surface area contributed by atoms with E-state index in [9.17, 15) is 4.79 Å². The Bertz CT molecular complexity index is 1190. The Balaban J connectivity index is 1.61. The molecule has 1 aliphatic carbocycles. The molecule has 1 fully saturated rings. The molecule has 1 saturated carbocycles. The minimum absolute atomic E-state index is 0.0450. The summed E-state index contributed by atoms with van der Waals surface area (Å²) in [7, 11) is 0. The van der Waals surface area contributed by atoms with Crippen molar-refractivity contribution in [2.24, 2.45) is 0 Å². The Morgan fingerprint density at radius 1 is 1.07 bits per heavy atom.